The lowest BCUT2D eigenvalue weighted by molar-refractivity contribution is -0.137. The Morgan fingerprint density at radius 3 is 2.53 bits per heavy atom. The summed E-state index contributed by atoms with van der Waals surface area (Å²) in [6.07, 6.45) is 1.20. The van der Waals surface area contributed by atoms with Gasteiger partial charge in [0.05, 0.1) is 27.1 Å². The van der Waals surface area contributed by atoms with Crippen LogP contribution >= 0.6 is 0 Å². The molecule has 0 aliphatic heterocycles. The molecule has 0 bridgehead atoms. The number of quaternary nitrogens is 1. The molecule has 0 atom stereocenters. The summed E-state index contributed by atoms with van der Waals surface area (Å²) >= 11 is 0. The van der Waals surface area contributed by atoms with Crippen LogP contribution in [0.25, 0.3) is 0 Å². The van der Waals surface area contributed by atoms with Gasteiger partial charge in [0.25, 0.3) is 0 Å². The molecule has 0 unspecified atom stereocenters. The first-order valence-corrected chi connectivity index (χ1v) is 6.01. The lowest BCUT2D eigenvalue weighted by atomic mass is 10.1. The van der Waals surface area contributed by atoms with Crippen molar-refractivity contribution in [3.05, 3.63) is 29.3 Å². The van der Waals surface area contributed by atoms with Gasteiger partial charge in [-0.15, -0.1) is 0 Å². The van der Waals surface area contributed by atoms with E-state index in [1.807, 2.05) is 0 Å². The van der Waals surface area contributed by atoms with E-state index >= 15 is 0 Å². The van der Waals surface area contributed by atoms with Crippen LogP contribution < -0.4 is 4.48 Å². The summed E-state index contributed by atoms with van der Waals surface area (Å²) < 4.78 is 0.617. The Balaban J connectivity index is 2.99. The van der Waals surface area contributed by atoms with Gasteiger partial charge in [-0.3, -0.25) is 9.28 Å². The first-order valence-electron chi connectivity index (χ1n) is 6.01. The van der Waals surface area contributed by atoms with Gasteiger partial charge in [-0.05, 0) is 18.9 Å². The number of carbonyl (C=O) groups is 1. The highest BCUT2D eigenvalue weighted by molar-refractivity contribution is 5.67. The predicted octanol–water partition coefficient (Wildman–Crippen LogP) is 2.60. The van der Waals surface area contributed by atoms with Gasteiger partial charge in [0.2, 0.25) is 0 Å². The molecule has 94 valence electrons. The third-order valence-corrected chi connectivity index (χ3v) is 3.22. The van der Waals surface area contributed by atoms with Gasteiger partial charge in [0, 0.05) is 11.6 Å². The molecule has 0 saturated heterocycles. The SMILES string of the molecule is CCc1ccc(C)c([N+](C)(C)CCC(=O)O)c1. The topological polar surface area (TPSA) is 37.3 Å². The van der Waals surface area contributed by atoms with Crippen molar-refractivity contribution < 1.29 is 9.90 Å². The molecule has 0 spiro atoms. The number of carboxylic acid groups (broad SMARTS) is 1. The molecule has 17 heavy (non-hydrogen) atoms. The molecule has 0 saturated carbocycles. The van der Waals surface area contributed by atoms with E-state index in [9.17, 15) is 4.79 Å². The zero-order valence-electron chi connectivity index (χ0n) is 11.2. The molecule has 1 rings (SSSR count). The monoisotopic (exact) mass is 236 g/mol. The fraction of sp³-hybridized carbons (Fsp3) is 0.500. The third kappa shape index (κ3) is 3.56. The number of nitrogens with zero attached hydrogens (tertiary/aromatic N) is 1. The second-order valence-electron chi connectivity index (χ2n) is 5.03. The fourth-order valence-electron chi connectivity index (χ4n) is 2.02. The van der Waals surface area contributed by atoms with Crippen LogP contribution in [0.5, 0.6) is 0 Å². The van der Waals surface area contributed by atoms with Crippen molar-refractivity contribution in [1.29, 1.82) is 0 Å². The lowest BCUT2D eigenvalue weighted by Crippen LogP contribution is -2.42. The van der Waals surface area contributed by atoms with Crippen LogP contribution in [-0.4, -0.2) is 31.7 Å². The van der Waals surface area contributed by atoms with Gasteiger partial charge < -0.3 is 5.11 Å². The first kappa shape index (κ1) is 13.7. The number of hydrogen-bond donors (Lipinski definition) is 1. The van der Waals surface area contributed by atoms with E-state index in [4.69, 9.17) is 5.11 Å². The zero-order chi connectivity index (χ0) is 13.1. The summed E-state index contributed by atoms with van der Waals surface area (Å²) in [6.45, 7) is 4.82. The summed E-state index contributed by atoms with van der Waals surface area (Å²) in [4.78, 5) is 10.7. The highest BCUT2D eigenvalue weighted by atomic mass is 16.4. The highest BCUT2D eigenvalue weighted by Gasteiger charge is 2.22. The second-order valence-corrected chi connectivity index (χ2v) is 5.03. The molecule has 3 heteroatoms. The first-order chi connectivity index (χ1) is 7.86. The molecule has 1 N–H and O–H groups in total. The van der Waals surface area contributed by atoms with Crippen molar-refractivity contribution in [3.8, 4) is 0 Å². The largest absolute Gasteiger partial charge is 0.481 e. The van der Waals surface area contributed by atoms with E-state index in [0.717, 1.165) is 6.42 Å². The minimum Gasteiger partial charge on any atom is -0.481 e. The summed E-state index contributed by atoms with van der Waals surface area (Å²) in [5.41, 5.74) is 3.73. The van der Waals surface area contributed by atoms with Crippen molar-refractivity contribution in [3.63, 3.8) is 0 Å². The maximum absolute atomic E-state index is 10.7. The van der Waals surface area contributed by atoms with Crippen LogP contribution in [0.4, 0.5) is 5.69 Å². The van der Waals surface area contributed by atoms with E-state index in [1.165, 1.54) is 16.8 Å². The molecule has 0 aromatic heterocycles. The van der Waals surface area contributed by atoms with E-state index in [2.05, 4.69) is 46.1 Å². The van der Waals surface area contributed by atoms with E-state index in [0.29, 0.717) is 11.0 Å². The molecule has 0 heterocycles. The standard InChI is InChI=1S/C14H21NO2/c1-5-12-7-6-11(2)13(10-12)15(3,4)9-8-14(16)17/h6-7,10H,5,8-9H2,1-4H3/p+1. The summed E-state index contributed by atoms with van der Waals surface area (Å²) in [5, 5.41) is 8.78. The predicted molar refractivity (Wildman–Crippen MR) is 71.3 cm³/mol. The molecule has 1 aromatic carbocycles. The van der Waals surface area contributed by atoms with Crippen molar-refractivity contribution in [1.82, 2.24) is 4.48 Å². The Morgan fingerprint density at radius 2 is 2.00 bits per heavy atom. The lowest BCUT2D eigenvalue weighted by Gasteiger charge is -2.30. The number of benzene rings is 1. The average molecular weight is 236 g/mol. The zero-order valence-corrected chi connectivity index (χ0v) is 11.2. The molecular formula is C14H22NO2+. The smallest absolute Gasteiger partial charge is 0.309 e. The van der Waals surface area contributed by atoms with Crippen molar-refractivity contribution in [2.45, 2.75) is 26.7 Å². The van der Waals surface area contributed by atoms with E-state index in [-0.39, 0.29) is 6.42 Å². The Bertz CT molecular complexity index is 411. The molecule has 1 aromatic rings. The molecule has 3 nitrogen and oxygen atoms in total. The maximum Gasteiger partial charge on any atom is 0.309 e. The number of carboxylic acids is 1. The molecule has 0 radical (unpaired) electrons. The van der Waals surface area contributed by atoms with Gasteiger partial charge in [-0.25, -0.2) is 0 Å². The van der Waals surface area contributed by atoms with Crippen LogP contribution in [-0.2, 0) is 11.2 Å². The van der Waals surface area contributed by atoms with Crippen LogP contribution in [0.3, 0.4) is 0 Å². The summed E-state index contributed by atoms with van der Waals surface area (Å²) in [7, 11) is 4.12. The second kappa shape index (κ2) is 5.32. The van der Waals surface area contributed by atoms with Gasteiger partial charge >= 0.3 is 5.97 Å². The Kier molecular flexibility index (Phi) is 4.29. The van der Waals surface area contributed by atoms with Gasteiger partial charge in [-0.1, -0.05) is 19.1 Å². The van der Waals surface area contributed by atoms with Crippen LogP contribution in [0.1, 0.15) is 24.5 Å². The van der Waals surface area contributed by atoms with Crippen LogP contribution in [0.15, 0.2) is 18.2 Å². The molecule has 0 fully saturated rings. The van der Waals surface area contributed by atoms with Crippen LogP contribution in [0, 0.1) is 6.92 Å². The third-order valence-electron chi connectivity index (χ3n) is 3.22. The molecule has 0 amide bonds. The van der Waals surface area contributed by atoms with Gasteiger partial charge in [0.1, 0.15) is 5.69 Å². The Labute approximate surface area is 103 Å². The minimum absolute atomic E-state index is 0.197. The van der Waals surface area contributed by atoms with Crippen molar-refractivity contribution >= 4 is 11.7 Å². The van der Waals surface area contributed by atoms with Crippen LogP contribution in [0.2, 0.25) is 0 Å². The number of aryl methyl sites for hydroxylation is 2. The Hall–Kier alpha value is -1.35. The quantitative estimate of drug-likeness (QED) is 0.798. The van der Waals surface area contributed by atoms with Gasteiger partial charge in [-0.2, -0.15) is 0 Å². The number of aliphatic carboxylic acids is 1. The van der Waals surface area contributed by atoms with Crippen molar-refractivity contribution in [2.75, 3.05) is 20.6 Å². The average Bonchev–Trinajstić information content (AvgIpc) is 2.27. The molecule has 0 aliphatic rings. The van der Waals surface area contributed by atoms with Gasteiger partial charge in [0.15, 0.2) is 0 Å². The molecule has 0 aliphatic carbocycles. The summed E-state index contributed by atoms with van der Waals surface area (Å²) in [6, 6.07) is 6.45. The molecular weight excluding hydrogens is 214 g/mol. The van der Waals surface area contributed by atoms with Crippen molar-refractivity contribution in [2.24, 2.45) is 0 Å². The Morgan fingerprint density at radius 1 is 1.35 bits per heavy atom. The highest BCUT2D eigenvalue weighted by Crippen LogP contribution is 2.25. The summed E-state index contributed by atoms with van der Waals surface area (Å²) in [5.74, 6) is -0.736. The number of rotatable bonds is 5. The minimum atomic E-state index is -0.736. The van der Waals surface area contributed by atoms with E-state index < -0.39 is 5.97 Å². The fourth-order valence-corrected chi connectivity index (χ4v) is 2.02. The normalized spacial score (nSPS) is 11.5. The van der Waals surface area contributed by atoms with E-state index in [1.54, 1.807) is 0 Å². The maximum atomic E-state index is 10.7. The number of hydrogen-bond acceptors (Lipinski definition) is 1.